The molecule has 0 N–H and O–H groups in total. The molecular weight excluding hydrogens is 1400 g/mol. The molecule has 0 saturated carbocycles. The zero-order valence-corrected chi connectivity index (χ0v) is 32.8. The average molecular weight is 1410 g/mol. The molecule has 20 nitrogen and oxygen atoms in total. The summed E-state index contributed by atoms with van der Waals surface area (Å²) in [5, 5.41) is 0. The van der Waals surface area contributed by atoms with E-state index in [0.717, 1.165) is 0 Å². The molecular formula is H6O20P2V2W5. The van der Waals surface area contributed by atoms with E-state index in [-0.39, 0.29) is 56.9 Å². The van der Waals surface area contributed by atoms with Crippen molar-refractivity contribution < 1.29 is 192 Å². The number of rotatable bonds is 0. The molecule has 0 aromatic rings. The first-order valence-electron chi connectivity index (χ1n) is 3.33. The molecule has 0 bridgehead atoms. The standard InChI is InChI=1S/20O.2H3P.2V.5W/h;;;;;;;;;;;;;;;;;;;;2*1H3;;;;;;;/q;;;;;;;;;;10*-1;;;2*+5;;;;;. The number of hydrogen-bond acceptors (Lipinski definition) is 20. The minimum Gasteiger partial charge on any atom is 5.00 e. The van der Waals surface area contributed by atoms with Crippen LogP contribution in [-0.4, -0.2) is 0 Å². The fourth-order valence-corrected chi connectivity index (χ4v) is 0. The van der Waals surface area contributed by atoms with Crippen molar-refractivity contribution in [1.82, 2.24) is 0 Å². The van der Waals surface area contributed by atoms with Crippen molar-refractivity contribution in [1.29, 1.82) is 0 Å². The maximum Gasteiger partial charge on any atom is 5.00 e. The third kappa shape index (κ3) is 2790. The van der Waals surface area contributed by atoms with Crippen LogP contribution in [0.15, 0.2) is 0 Å². The average Bonchev–Trinajstić information content (AvgIpc) is 1.79. The van der Waals surface area contributed by atoms with Gasteiger partial charge in [0.25, 0.3) is 0 Å². The van der Waals surface area contributed by atoms with Crippen LogP contribution in [0.4, 0.5) is 0 Å². The third-order valence-electron chi connectivity index (χ3n) is 0. The molecule has 0 fully saturated rings. The van der Waals surface area contributed by atoms with Crippen LogP contribution in [-0.2, 0) is 155 Å². The minimum atomic E-state index is -6.17. The van der Waals surface area contributed by atoms with Crippen LogP contribution < -0.4 is 37.6 Å². The second kappa shape index (κ2) is 25.7. The van der Waals surface area contributed by atoms with Gasteiger partial charge < -0.3 is 0 Å². The van der Waals surface area contributed by atoms with Crippen LogP contribution in [0.2, 0.25) is 0 Å². The van der Waals surface area contributed by atoms with Gasteiger partial charge in [-0.1, -0.05) is 0 Å². The van der Waals surface area contributed by atoms with E-state index >= 15 is 0 Å². The van der Waals surface area contributed by atoms with Gasteiger partial charge in [0.15, 0.2) is 0 Å². The first kappa shape index (κ1) is 58.2. The maximum atomic E-state index is 8.65. The molecule has 29 heteroatoms. The number of hydrogen-bond donors (Lipinski definition) is 0. The molecule has 2 atom stereocenters. The molecule has 0 aromatic carbocycles. The van der Waals surface area contributed by atoms with Crippen molar-refractivity contribution in [2.45, 2.75) is 0 Å². The van der Waals surface area contributed by atoms with Gasteiger partial charge in [-0.3, -0.25) is 0 Å². The molecule has 0 aliphatic rings. The maximum absolute atomic E-state index is 8.65. The van der Waals surface area contributed by atoms with E-state index in [9.17, 15) is 0 Å². The van der Waals surface area contributed by atoms with Crippen LogP contribution in [0.5, 0.6) is 0 Å². The Bertz CT molecular complexity index is 629. The predicted octanol–water partition coefficient (Wildman–Crippen LogP) is -13.0. The molecule has 2 unspecified atom stereocenters. The minimum absolute atomic E-state index is 0. The van der Waals surface area contributed by atoms with Crippen molar-refractivity contribution in [2.75, 3.05) is 0 Å². The molecule has 0 amide bonds. The van der Waals surface area contributed by atoms with E-state index in [1.165, 1.54) is 0 Å². The summed E-state index contributed by atoms with van der Waals surface area (Å²) < 4.78 is 173. The zero-order chi connectivity index (χ0) is 22.5. The monoisotopic (exact) mass is 1410 g/mol. The Kier molecular flexibility index (Phi) is 51.5. The van der Waals surface area contributed by atoms with E-state index in [1.807, 2.05) is 0 Å². The Morgan fingerprint density at radius 1 is 0.276 bits per heavy atom. The molecule has 0 heterocycles. The Hall–Kier alpha value is 3.07. The first-order chi connectivity index (χ1) is 10.0. The normalized spacial score (nSPS) is 10.0. The van der Waals surface area contributed by atoms with Gasteiger partial charge in [-0.2, -0.15) is 19.8 Å². The van der Waals surface area contributed by atoms with Crippen LogP contribution in [0.25, 0.3) is 0 Å². The van der Waals surface area contributed by atoms with Crippen molar-refractivity contribution in [3.8, 4) is 0 Å². The zero-order valence-electron chi connectivity index (χ0n) is 12.5. The summed E-state index contributed by atoms with van der Waals surface area (Å²) in [4.78, 5) is 0. The Morgan fingerprint density at radius 3 is 0.276 bits per heavy atom. The third-order valence-corrected chi connectivity index (χ3v) is 0. The Balaban J connectivity index is -0.0000000238. The van der Waals surface area contributed by atoms with Crippen molar-refractivity contribution in [2.24, 2.45) is 0 Å². The van der Waals surface area contributed by atoms with Gasteiger partial charge in [-0.05, 0) is 0 Å². The summed E-state index contributed by atoms with van der Waals surface area (Å²) in [6, 6.07) is 0. The SMILES string of the molecule is P.P.[O]=[W](=[O])([O-])[O-].[O]=[W](=[O])([O-])[O-].[O]=[W](=[O])([O-])[O-].[O]=[W](=[O])([O-])[O-].[O]=[W](=[O])([O-])[O-].[V+5].[V+5]. The van der Waals surface area contributed by atoms with Gasteiger partial charge in [0, 0.05) is 0 Å². The summed E-state index contributed by atoms with van der Waals surface area (Å²) in [5.74, 6) is 0. The predicted molar refractivity (Wildman–Crippen MR) is 29.1 cm³/mol. The topological polar surface area (TPSA) is 401 Å². The van der Waals surface area contributed by atoms with E-state index in [2.05, 4.69) is 0 Å². The van der Waals surface area contributed by atoms with Crippen LogP contribution in [0, 0.1) is 0 Å². The summed E-state index contributed by atoms with van der Waals surface area (Å²) in [6.07, 6.45) is 0. The molecule has 0 radical (unpaired) electrons. The Labute approximate surface area is 209 Å². The quantitative estimate of drug-likeness (QED) is 0.203. The molecule has 0 rings (SSSR count). The van der Waals surface area contributed by atoms with Crippen LogP contribution >= 0.6 is 19.8 Å². The van der Waals surface area contributed by atoms with Gasteiger partial charge >= 0.3 is 192 Å². The molecule has 0 aliphatic carbocycles. The first-order valence-corrected chi connectivity index (χ1v) is 27.3. The molecule has 0 spiro atoms. The largest absolute Gasteiger partial charge is 5.00 e. The van der Waals surface area contributed by atoms with E-state index < -0.39 is 83.7 Å². The van der Waals surface area contributed by atoms with Gasteiger partial charge in [-0.25, -0.2) is 0 Å². The van der Waals surface area contributed by atoms with E-state index in [0.29, 0.717) is 0 Å². The summed E-state index contributed by atoms with van der Waals surface area (Å²) in [6.45, 7) is 0. The van der Waals surface area contributed by atoms with Crippen molar-refractivity contribution in [3.05, 3.63) is 0 Å². The van der Waals surface area contributed by atoms with Gasteiger partial charge in [0.1, 0.15) is 0 Å². The van der Waals surface area contributed by atoms with Crippen LogP contribution in [0.3, 0.4) is 0 Å². The van der Waals surface area contributed by atoms with Gasteiger partial charge in [-0.15, -0.1) is 0 Å². The van der Waals surface area contributed by atoms with Gasteiger partial charge in [0.2, 0.25) is 0 Å². The molecule has 176 valence electrons. The van der Waals surface area contributed by atoms with Crippen LogP contribution in [0.1, 0.15) is 0 Å². The second-order valence-corrected chi connectivity index (χ2v) is 16.7. The fourth-order valence-electron chi connectivity index (χ4n) is 0. The molecule has 0 saturated heterocycles. The summed E-state index contributed by atoms with van der Waals surface area (Å²) in [7, 11) is 0. The van der Waals surface area contributed by atoms with Gasteiger partial charge in [0.05, 0.1) is 0 Å². The summed E-state index contributed by atoms with van der Waals surface area (Å²) >= 11 is -30.8. The second-order valence-electron chi connectivity index (χ2n) is 2.04. The molecule has 29 heavy (non-hydrogen) atoms. The fraction of sp³-hybridized carbons (Fsp3) is 0. The molecule has 0 aliphatic heterocycles. The summed E-state index contributed by atoms with van der Waals surface area (Å²) in [5.41, 5.74) is 0. The smallest absolute Gasteiger partial charge is 5.00 e. The van der Waals surface area contributed by atoms with E-state index in [4.69, 9.17) is 71.6 Å². The molecule has 0 aromatic heterocycles. The van der Waals surface area contributed by atoms with Crippen molar-refractivity contribution in [3.63, 3.8) is 0 Å². The van der Waals surface area contributed by atoms with Crippen molar-refractivity contribution >= 4 is 19.8 Å². The Morgan fingerprint density at radius 2 is 0.276 bits per heavy atom. The van der Waals surface area contributed by atoms with E-state index in [1.54, 1.807) is 0 Å².